The molecular formula is C25H33NO4. The number of carbonyl (C=O) groups excluding carboxylic acids is 1. The fourth-order valence-corrected chi connectivity index (χ4v) is 3.92. The van der Waals surface area contributed by atoms with Gasteiger partial charge in [-0.25, -0.2) is 0 Å². The third-order valence-electron chi connectivity index (χ3n) is 5.65. The summed E-state index contributed by atoms with van der Waals surface area (Å²) in [5.74, 6) is 2.19. The van der Waals surface area contributed by atoms with E-state index in [-0.39, 0.29) is 5.91 Å². The van der Waals surface area contributed by atoms with E-state index in [1.165, 1.54) is 24.0 Å². The smallest absolute Gasteiger partial charge is 0.261 e. The van der Waals surface area contributed by atoms with E-state index in [0.717, 1.165) is 48.5 Å². The highest BCUT2D eigenvalue weighted by Gasteiger charge is 2.19. The third-order valence-corrected chi connectivity index (χ3v) is 5.65. The molecule has 5 nitrogen and oxygen atoms in total. The quantitative estimate of drug-likeness (QED) is 0.585. The minimum absolute atomic E-state index is 0.0532. The van der Waals surface area contributed by atoms with Crippen LogP contribution in [0.15, 0.2) is 36.4 Å². The van der Waals surface area contributed by atoms with E-state index in [1.807, 2.05) is 31.2 Å². The molecule has 0 aromatic heterocycles. The van der Waals surface area contributed by atoms with Crippen LogP contribution in [0.3, 0.4) is 0 Å². The zero-order valence-electron chi connectivity index (χ0n) is 18.3. The maximum absolute atomic E-state index is 12.6. The van der Waals surface area contributed by atoms with Crippen LogP contribution < -0.4 is 19.5 Å². The van der Waals surface area contributed by atoms with Crippen LogP contribution in [-0.2, 0) is 24.1 Å². The van der Waals surface area contributed by atoms with Gasteiger partial charge in [-0.1, -0.05) is 19.1 Å². The van der Waals surface area contributed by atoms with Crippen LogP contribution in [0.5, 0.6) is 17.2 Å². The summed E-state index contributed by atoms with van der Waals surface area (Å²) < 4.78 is 16.6. The van der Waals surface area contributed by atoms with Crippen molar-refractivity contribution in [3.05, 3.63) is 53.1 Å². The Kier molecular flexibility index (Phi) is 8.00. The number of hydrogen-bond acceptors (Lipinski definition) is 4. The Morgan fingerprint density at radius 3 is 2.50 bits per heavy atom. The molecule has 5 heteroatoms. The zero-order chi connectivity index (χ0) is 21.3. The number of aryl methyl sites for hydroxylation is 3. The molecule has 162 valence electrons. The Morgan fingerprint density at radius 2 is 1.77 bits per heavy atom. The predicted octanol–water partition coefficient (Wildman–Crippen LogP) is 4.49. The molecule has 1 N–H and O–H groups in total. The van der Waals surface area contributed by atoms with Crippen molar-refractivity contribution in [1.82, 2.24) is 5.32 Å². The molecular weight excluding hydrogens is 378 g/mol. The van der Waals surface area contributed by atoms with Gasteiger partial charge in [-0.3, -0.25) is 4.79 Å². The average Bonchev–Trinajstić information content (AvgIpc) is 2.79. The number of carbonyl (C=O) groups is 1. The summed E-state index contributed by atoms with van der Waals surface area (Å²) in [7, 11) is 3.26. The summed E-state index contributed by atoms with van der Waals surface area (Å²) in [4.78, 5) is 12.6. The van der Waals surface area contributed by atoms with Crippen LogP contribution in [0.25, 0.3) is 0 Å². The van der Waals surface area contributed by atoms with Crippen LogP contribution in [-0.4, -0.2) is 32.8 Å². The minimum Gasteiger partial charge on any atom is -0.493 e. The molecule has 1 aliphatic carbocycles. The molecule has 0 saturated carbocycles. The molecule has 0 saturated heterocycles. The lowest BCUT2D eigenvalue weighted by Gasteiger charge is -2.20. The molecule has 0 heterocycles. The van der Waals surface area contributed by atoms with E-state index in [9.17, 15) is 4.79 Å². The highest BCUT2D eigenvalue weighted by atomic mass is 16.5. The number of hydrogen-bond donors (Lipinski definition) is 1. The highest BCUT2D eigenvalue weighted by molar-refractivity contribution is 5.81. The van der Waals surface area contributed by atoms with Crippen LogP contribution in [0.2, 0.25) is 0 Å². The second-order valence-corrected chi connectivity index (χ2v) is 7.74. The summed E-state index contributed by atoms with van der Waals surface area (Å²) in [6.45, 7) is 2.59. The van der Waals surface area contributed by atoms with Gasteiger partial charge in [0.05, 0.1) is 14.2 Å². The van der Waals surface area contributed by atoms with Gasteiger partial charge in [0, 0.05) is 6.54 Å². The standard InChI is InChI=1S/C25H33NO4/c1-4-22(30-21-13-12-19-9-5-6-10-20(19)17-21)25(27)26-15-7-8-18-11-14-23(28-2)24(16-18)29-3/h11-14,16-17,22H,4-10,15H2,1-3H3,(H,26,27)/t22-/m1/s1. The van der Waals surface area contributed by atoms with Gasteiger partial charge in [0.1, 0.15) is 5.75 Å². The second kappa shape index (κ2) is 10.9. The van der Waals surface area contributed by atoms with E-state index in [2.05, 4.69) is 17.4 Å². The van der Waals surface area contributed by atoms with Gasteiger partial charge in [0.15, 0.2) is 17.6 Å². The van der Waals surface area contributed by atoms with Gasteiger partial charge in [-0.15, -0.1) is 0 Å². The first kappa shape index (κ1) is 22.0. The normalized spacial score (nSPS) is 13.8. The Hall–Kier alpha value is -2.69. The van der Waals surface area contributed by atoms with Crippen molar-refractivity contribution < 1.29 is 19.0 Å². The Labute approximate surface area is 179 Å². The lowest BCUT2D eigenvalue weighted by Crippen LogP contribution is -2.38. The number of amides is 1. The van der Waals surface area contributed by atoms with Crippen LogP contribution in [0, 0.1) is 0 Å². The molecule has 0 unspecified atom stereocenters. The Bertz CT molecular complexity index is 849. The second-order valence-electron chi connectivity index (χ2n) is 7.74. The first-order valence-corrected chi connectivity index (χ1v) is 10.9. The van der Waals surface area contributed by atoms with E-state index >= 15 is 0 Å². The minimum atomic E-state index is -0.465. The van der Waals surface area contributed by atoms with E-state index in [4.69, 9.17) is 14.2 Å². The van der Waals surface area contributed by atoms with Crippen molar-refractivity contribution >= 4 is 5.91 Å². The number of benzene rings is 2. The number of rotatable bonds is 10. The largest absolute Gasteiger partial charge is 0.493 e. The van der Waals surface area contributed by atoms with Gasteiger partial charge in [0.25, 0.3) is 5.91 Å². The van der Waals surface area contributed by atoms with Crippen LogP contribution >= 0.6 is 0 Å². The van der Waals surface area contributed by atoms with Crippen LogP contribution in [0.1, 0.15) is 49.3 Å². The first-order valence-electron chi connectivity index (χ1n) is 10.9. The zero-order valence-corrected chi connectivity index (χ0v) is 18.3. The highest BCUT2D eigenvalue weighted by Crippen LogP contribution is 2.28. The van der Waals surface area contributed by atoms with Gasteiger partial charge in [-0.05, 0) is 85.9 Å². The SMILES string of the molecule is CC[C@@H](Oc1ccc2c(c1)CCCC2)C(=O)NCCCc1ccc(OC)c(OC)c1. The Balaban J connectivity index is 1.47. The summed E-state index contributed by atoms with van der Waals surface area (Å²) >= 11 is 0. The molecule has 0 spiro atoms. The molecule has 0 aliphatic heterocycles. The first-order chi connectivity index (χ1) is 14.6. The maximum Gasteiger partial charge on any atom is 0.261 e. The summed E-state index contributed by atoms with van der Waals surface area (Å²) in [6, 6.07) is 12.2. The van der Waals surface area contributed by atoms with Gasteiger partial charge in [-0.2, -0.15) is 0 Å². The van der Waals surface area contributed by atoms with E-state index < -0.39 is 6.10 Å². The molecule has 3 rings (SSSR count). The van der Waals surface area contributed by atoms with Crippen molar-refractivity contribution in [1.29, 1.82) is 0 Å². The number of methoxy groups -OCH3 is 2. The van der Waals surface area contributed by atoms with Crippen molar-refractivity contribution in [2.75, 3.05) is 20.8 Å². The van der Waals surface area contributed by atoms with Crippen LogP contribution in [0.4, 0.5) is 0 Å². The number of fused-ring (bicyclic) bond motifs is 1. The third kappa shape index (κ3) is 5.68. The summed E-state index contributed by atoms with van der Waals surface area (Å²) in [5, 5.41) is 3.02. The molecule has 0 bridgehead atoms. The molecule has 2 aromatic rings. The fraction of sp³-hybridized carbons (Fsp3) is 0.480. The molecule has 2 aromatic carbocycles. The van der Waals surface area contributed by atoms with Gasteiger partial charge in [0.2, 0.25) is 0 Å². The fourth-order valence-electron chi connectivity index (χ4n) is 3.92. The molecule has 30 heavy (non-hydrogen) atoms. The van der Waals surface area contributed by atoms with Gasteiger partial charge >= 0.3 is 0 Å². The van der Waals surface area contributed by atoms with Crippen molar-refractivity contribution in [2.45, 2.75) is 58.0 Å². The molecule has 0 fully saturated rings. The maximum atomic E-state index is 12.6. The number of nitrogens with one attached hydrogen (secondary N) is 1. The average molecular weight is 412 g/mol. The van der Waals surface area contributed by atoms with Gasteiger partial charge < -0.3 is 19.5 Å². The Morgan fingerprint density at radius 1 is 1.00 bits per heavy atom. The lowest BCUT2D eigenvalue weighted by atomic mass is 9.92. The van der Waals surface area contributed by atoms with Crippen molar-refractivity contribution in [2.24, 2.45) is 0 Å². The monoisotopic (exact) mass is 411 g/mol. The summed E-state index contributed by atoms with van der Waals surface area (Å²) in [6.07, 6.45) is 6.61. The lowest BCUT2D eigenvalue weighted by molar-refractivity contribution is -0.128. The molecule has 1 aliphatic rings. The van der Waals surface area contributed by atoms with Crippen molar-refractivity contribution in [3.8, 4) is 17.2 Å². The topological polar surface area (TPSA) is 56.8 Å². The predicted molar refractivity (Wildman–Crippen MR) is 119 cm³/mol. The van der Waals surface area contributed by atoms with E-state index in [1.54, 1.807) is 14.2 Å². The number of ether oxygens (including phenoxy) is 3. The molecule has 1 amide bonds. The summed E-state index contributed by atoms with van der Waals surface area (Å²) in [5.41, 5.74) is 3.93. The molecule has 0 radical (unpaired) electrons. The van der Waals surface area contributed by atoms with Crippen molar-refractivity contribution in [3.63, 3.8) is 0 Å². The molecule has 1 atom stereocenters. The van der Waals surface area contributed by atoms with E-state index in [0.29, 0.717) is 13.0 Å².